The lowest BCUT2D eigenvalue weighted by Crippen LogP contribution is -2.63. The van der Waals surface area contributed by atoms with Gasteiger partial charge in [-0.05, 0) is 56.9 Å². The highest BCUT2D eigenvalue weighted by Gasteiger charge is 2.40. The van der Waals surface area contributed by atoms with Gasteiger partial charge >= 0.3 is 6.18 Å². The molecule has 0 spiro atoms. The first-order valence-electron chi connectivity index (χ1n) is 12.4. The number of nitrogens with zero attached hydrogens (tertiary/aromatic N) is 2. The van der Waals surface area contributed by atoms with Crippen molar-refractivity contribution in [3.63, 3.8) is 0 Å². The van der Waals surface area contributed by atoms with Gasteiger partial charge in [0.25, 0.3) is 5.91 Å². The molecule has 2 aromatic rings. The number of amides is 2. The minimum absolute atomic E-state index is 0.0610. The molecule has 37 heavy (non-hydrogen) atoms. The molecule has 11 heteroatoms. The van der Waals surface area contributed by atoms with Gasteiger partial charge in [0.2, 0.25) is 11.8 Å². The van der Waals surface area contributed by atoms with Crippen LogP contribution in [0, 0.1) is 0 Å². The van der Waals surface area contributed by atoms with Crippen molar-refractivity contribution in [3.05, 3.63) is 59.3 Å². The number of halogens is 3. The van der Waals surface area contributed by atoms with Gasteiger partial charge < -0.3 is 20.5 Å². The average molecular weight is 521 g/mol. The van der Waals surface area contributed by atoms with Crippen molar-refractivity contribution in [1.29, 1.82) is 0 Å². The van der Waals surface area contributed by atoms with Crippen molar-refractivity contribution in [2.75, 3.05) is 26.2 Å². The second-order valence-electron chi connectivity index (χ2n) is 9.56. The number of pyridine rings is 1. The molecule has 1 aliphatic heterocycles. The largest absolute Gasteiger partial charge is 0.478 e. The number of ether oxygens (including phenoxy) is 1. The van der Waals surface area contributed by atoms with Crippen LogP contribution >= 0.6 is 0 Å². The summed E-state index contributed by atoms with van der Waals surface area (Å²) in [7, 11) is 0. The monoisotopic (exact) mass is 520 g/mol. The lowest BCUT2D eigenvalue weighted by molar-refractivity contribution is -0.137. The van der Waals surface area contributed by atoms with Gasteiger partial charge in [-0.1, -0.05) is 6.07 Å². The van der Waals surface area contributed by atoms with Crippen LogP contribution in [0.3, 0.4) is 0 Å². The standard InChI is InChI=1S/C26H31F3N4O4/c1-2-37-23-7-6-19(13-30-23)25(36)10-8-21(9-11-25)33-15-20(16-33)32-22(34)14-31-24(35)17-4-3-5-18(12-17)26(27,28)29/h3-7,12-13,20-21,36H,2,8-11,14-16H2,1H3,(H,31,35)(H,32,34). The molecule has 1 aliphatic carbocycles. The van der Waals surface area contributed by atoms with Crippen LogP contribution in [-0.4, -0.2) is 65.1 Å². The first-order chi connectivity index (χ1) is 17.6. The summed E-state index contributed by atoms with van der Waals surface area (Å²) in [5.74, 6) is -0.604. The number of rotatable bonds is 8. The lowest BCUT2D eigenvalue weighted by atomic mass is 9.77. The van der Waals surface area contributed by atoms with Crippen LogP contribution in [0.4, 0.5) is 13.2 Å². The molecular weight excluding hydrogens is 489 g/mol. The Labute approximate surface area is 213 Å². The molecule has 1 aromatic heterocycles. The second-order valence-corrected chi connectivity index (χ2v) is 9.56. The van der Waals surface area contributed by atoms with Gasteiger partial charge in [0, 0.05) is 42.5 Å². The predicted molar refractivity (Wildman–Crippen MR) is 129 cm³/mol. The highest BCUT2D eigenvalue weighted by atomic mass is 19.4. The van der Waals surface area contributed by atoms with Crippen LogP contribution in [0.15, 0.2) is 42.6 Å². The average Bonchev–Trinajstić information content (AvgIpc) is 2.85. The third-order valence-corrected chi connectivity index (χ3v) is 7.00. The molecule has 4 rings (SSSR count). The lowest BCUT2D eigenvalue weighted by Gasteiger charge is -2.48. The van der Waals surface area contributed by atoms with E-state index in [1.165, 1.54) is 6.07 Å². The van der Waals surface area contributed by atoms with E-state index in [2.05, 4.69) is 20.5 Å². The molecular formula is C26H31F3N4O4. The van der Waals surface area contributed by atoms with Crippen LogP contribution < -0.4 is 15.4 Å². The molecule has 0 unspecified atom stereocenters. The van der Waals surface area contributed by atoms with Gasteiger partial charge in [-0.2, -0.15) is 13.2 Å². The maximum absolute atomic E-state index is 12.8. The summed E-state index contributed by atoms with van der Waals surface area (Å²) in [6.45, 7) is 3.43. The van der Waals surface area contributed by atoms with Gasteiger partial charge in [-0.15, -0.1) is 0 Å². The van der Waals surface area contributed by atoms with E-state index in [9.17, 15) is 27.9 Å². The van der Waals surface area contributed by atoms with E-state index in [1.807, 2.05) is 13.0 Å². The topological polar surface area (TPSA) is 104 Å². The molecule has 0 atom stereocenters. The van der Waals surface area contributed by atoms with Crippen LogP contribution in [0.1, 0.15) is 54.1 Å². The van der Waals surface area contributed by atoms with Crippen LogP contribution in [-0.2, 0) is 16.6 Å². The maximum Gasteiger partial charge on any atom is 0.416 e. The summed E-state index contributed by atoms with van der Waals surface area (Å²) >= 11 is 0. The zero-order chi connectivity index (χ0) is 26.6. The van der Waals surface area contributed by atoms with Crippen molar-refractivity contribution in [2.45, 2.75) is 56.5 Å². The van der Waals surface area contributed by atoms with E-state index in [0.717, 1.165) is 36.6 Å². The van der Waals surface area contributed by atoms with E-state index in [1.54, 1.807) is 12.3 Å². The Kier molecular flexibility index (Phi) is 8.03. The summed E-state index contributed by atoms with van der Waals surface area (Å²) in [5.41, 5.74) is -1.20. The molecule has 2 fully saturated rings. The molecule has 0 bridgehead atoms. The van der Waals surface area contributed by atoms with Gasteiger partial charge in [0.1, 0.15) is 0 Å². The zero-order valence-corrected chi connectivity index (χ0v) is 20.6. The summed E-state index contributed by atoms with van der Waals surface area (Å²) in [5, 5.41) is 16.3. The Hall–Kier alpha value is -3.18. The summed E-state index contributed by atoms with van der Waals surface area (Å²) in [6.07, 6.45) is -0.0146. The predicted octanol–water partition coefficient (Wildman–Crippen LogP) is 2.86. The van der Waals surface area contributed by atoms with Crippen LogP contribution in [0.5, 0.6) is 5.88 Å². The Balaban J connectivity index is 1.17. The second kappa shape index (κ2) is 11.1. The van der Waals surface area contributed by atoms with Crippen molar-refractivity contribution in [1.82, 2.24) is 20.5 Å². The van der Waals surface area contributed by atoms with E-state index in [4.69, 9.17) is 4.74 Å². The fourth-order valence-corrected chi connectivity index (χ4v) is 4.90. The third kappa shape index (κ3) is 6.58. The molecule has 8 nitrogen and oxygen atoms in total. The molecule has 2 amide bonds. The number of hydrogen-bond acceptors (Lipinski definition) is 6. The van der Waals surface area contributed by atoms with E-state index in [-0.39, 0.29) is 18.2 Å². The Bertz CT molecular complexity index is 1100. The molecule has 200 valence electrons. The van der Waals surface area contributed by atoms with E-state index in [0.29, 0.717) is 44.5 Å². The highest BCUT2D eigenvalue weighted by Crippen LogP contribution is 2.39. The number of aliphatic hydroxyl groups is 1. The Morgan fingerprint density at radius 1 is 1.19 bits per heavy atom. The third-order valence-electron chi connectivity index (χ3n) is 7.00. The van der Waals surface area contributed by atoms with Crippen LogP contribution in [0.2, 0.25) is 0 Å². The quantitative estimate of drug-likeness (QED) is 0.495. The highest BCUT2D eigenvalue weighted by molar-refractivity contribution is 5.96. The SMILES string of the molecule is CCOc1ccc(C2(O)CCC(N3CC(NC(=O)CNC(=O)c4cccc(C(F)(F)F)c4)C3)CC2)cn1. The number of carbonyl (C=O) groups excluding carboxylic acids is 2. The fourth-order valence-electron chi connectivity index (χ4n) is 4.90. The molecule has 1 saturated carbocycles. The number of carbonyl (C=O) groups is 2. The normalized spacial score (nSPS) is 22.7. The number of aromatic nitrogens is 1. The smallest absolute Gasteiger partial charge is 0.416 e. The van der Waals surface area contributed by atoms with E-state index < -0.39 is 29.2 Å². The van der Waals surface area contributed by atoms with Gasteiger partial charge in [0.15, 0.2) is 0 Å². The summed E-state index contributed by atoms with van der Waals surface area (Å²) in [6, 6.07) is 7.95. The molecule has 0 radical (unpaired) electrons. The number of hydrogen-bond donors (Lipinski definition) is 3. The van der Waals surface area contributed by atoms with E-state index >= 15 is 0 Å². The number of nitrogens with one attached hydrogen (secondary N) is 2. The maximum atomic E-state index is 12.8. The Morgan fingerprint density at radius 3 is 2.54 bits per heavy atom. The molecule has 1 aromatic carbocycles. The van der Waals surface area contributed by atoms with Crippen LogP contribution in [0.25, 0.3) is 0 Å². The minimum Gasteiger partial charge on any atom is -0.478 e. The molecule has 2 heterocycles. The van der Waals surface area contributed by atoms with Crippen molar-refractivity contribution in [2.24, 2.45) is 0 Å². The fraction of sp³-hybridized carbons (Fsp3) is 0.500. The molecule has 2 aliphatic rings. The van der Waals surface area contributed by atoms with Gasteiger partial charge in [-0.3, -0.25) is 14.5 Å². The Morgan fingerprint density at radius 2 is 1.92 bits per heavy atom. The van der Waals surface area contributed by atoms with Crippen molar-refractivity contribution < 1.29 is 32.6 Å². The van der Waals surface area contributed by atoms with Crippen molar-refractivity contribution in [3.8, 4) is 5.88 Å². The van der Waals surface area contributed by atoms with Gasteiger partial charge in [-0.25, -0.2) is 4.98 Å². The first-order valence-corrected chi connectivity index (χ1v) is 12.4. The zero-order valence-electron chi connectivity index (χ0n) is 20.6. The number of alkyl halides is 3. The molecule has 1 saturated heterocycles. The summed E-state index contributed by atoms with van der Waals surface area (Å²) < 4.78 is 43.9. The number of benzene rings is 1. The van der Waals surface area contributed by atoms with Crippen molar-refractivity contribution >= 4 is 11.8 Å². The van der Waals surface area contributed by atoms with Gasteiger partial charge in [0.05, 0.1) is 30.4 Å². The first kappa shape index (κ1) is 26.9. The molecule has 3 N–H and O–H groups in total. The number of likely N-dealkylation sites (tertiary alicyclic amines) is 1. The minimum atomic E-state index is -4.55. The summed E-state index contributed by atoms with van der Waals surface area (Å²) in [4.78, 5) is 30.9.